The van der Waals surface area contributed by atoms with Gasteiger partial charge in [0.2, 0.25) is 0 Å². The van der Waals surface area contributed by atoms with Crippen LogP contribution in [0.1, 0.15) is 41.2 Å². The van der Waals surface area contributed by atoms with E-state index in [0.29, 0.717) is 30.8 Å². The summed E-state index contributed by atoms with van der Waals surface area (Å²) in [5.41, 5.74) is 6.65. The molecule has 0 fully saturated rings. The van der Waals surface area contributed by atoms with Gasteiger partial charge in [-0.15, -0.1) is 6.07 Å². The first kappa shape index (κ1) is 32.5. The second-order valence-corrected chi connectivity index (χ2v) is 8.46. The van der Waals surface area contributed by atoms with Crippen LogP contribution in [0.2, 0.25) is 0 Å². The number of likely N-dealkylation sites (N-methyl/N-ethyl adjacent to an activating group) is 1. The van der Waals surface area contributed by atoms with Crippen molar-refractivity contribution in [3.8, 4) is 11.1 Å². The number of carboxylic acid groups (broad SMARTS) is 1. The molecule has 1 N–H and O–H groups in total. The predicted octanol–water partition coefficient (Wildman–Crippen LogP) is 6.26. The van der Waals surface area contributed by atoms with Gasteiger partial charge in [0, 0.05) is 13.7 Å². The van der Waals surface area contributed by atoms with Crippen LogP contribution in [0.3, 0.4) is 0 Å². The van der Waals surface area contributed by atoms with Crippen LogP contribution in [-0.4, -0.2) is 42.4 Å². The fourth-order valence-corrected chi connectivity index (χ4v) is 3.75. The first-order valence-electron chi connectivity index (χ1n) is 11.6. The molecule has 3 aromatic rings. The Morgan fingerprint density at radius 2 is 1.81 bits per heavy atom. The van der Waals surface area contributed by atoms with Crippen molar-refractivity contribution >= 4 is 11.7 Å². The number of rotatable bonds is 10. The zero-order valence-electron chi connectivity index (χ0n) is 21.8. The molecule has 37 heavy (non-hydrogen) atoms. The maximum atomic E-state index is 13.7. The zero-order chi connectivity index (χ0) is 26.7. The predicted molar refractivity (Wildman–Crippen MR) is 143 cm³/mol. The molecule has 192 valence electrons. The van der Waals surface area contributed by atoms with Crippen LogP contribution in [-0.2, 0) is 22.7 Å². The van der Waals surface area contributed by atoms with Crippen molar-refractivity contribution in [3.63, 3.8) is 0 Å². The molecule has 5 nitrogen and oxygen atoms in total. The smallest absolute Gasteiger partial charge is 0.807 e. The average Bonchev–Trinajstić information content (AvgIpc) is 2.86. The molecule has 0 amide bonds. The number of methoxy groups -OCH3 is 1. The van der Waals surface area contributed by atoms with Crippen molar-refractivity contribution in [1.82, 2.24) is 4.90 Å². The molecular formula is C30H33FN2O3U. The third kappa shape index (κ3) is 10.0. The molecule has 3 aromatic carbocycles. The molecular weight excluding hydrogens is 693 g/mol. The number of halogens is 1. The van der Waals surface area contributed by atoms with Crippen LogP contribution < -0.4 is 0 Å². The molecule has 7 heteroatoms. The fraction of sp³-hybridized carbons (Fsp3) is 0.267. The van der Waals surface area contributed by atoms with E-state index in [0.717, 1.165) is 33.4 Å². The third-order valence-corrected chi connectivity index (χ3v) is 5.65. The quantitative estimate of drug-likeness (QED) is 0.198. The Kier molecular flexibility index (Phi) is 14.3. The van der Waals surface area contributed by atoms with Crippen molar-refractivity contribution in [3.05, 3.63) is 112 Å². The standard InChI is InChI=1S/C17H16FO.C13H17N2O2.U/c1-4-13-8-9-16(14(10-13)11-19-3)15-6-5-7-17(18)12(15)2;1-3-12(14)11-6-4-10(5-7-11)8-15(2)9-13(16)17;/h5-10H,1,11H2,2-3H3;4-7H,3,8-9H2,1-2H3,(H,16,17);/q2*-1;+2. The molecule has 0 saturated heterocycles. The summed E-state index contributed by atoms with van der Waals surface area (Å²) in [6.07, 6.45) is 3.46. The van der Waals surface area contributed by atoms with E-state index in [1.807, 2.05) is 55.5 Å². The van der Waals surface area contributed by atoms with E-state index in [4.69, 9.17) is 9.84 Å². The molecule has 0 bridgehead atoms. The molecule has 0 heterocycles. The number of ether oxygens (including phenoxy) is 1. The van der Waals surface area contributed by atoms with Crippen molar-refractivity contribution < 1.29 is 50.1 Å². The summed E-state index contributed by atoms with van der Waals surface area (Å²) in [6.45, 7) is 8.40. The Morgan fingerprint density at radius 1 is 1.14 bits per heavy atom. The van der Waals surface area contributed by atoms with E-state index in [1.165, 1.54) is 6.07 Å². The number of carboxylic acids is 1. The molecule has 0 radical (unpaired) electrons. The van der Waals surface area contributed by atoms with Gasteiger partial charge in [0.15, 0.2) is 0 Å². The fourth-order valence-electron chi connectivity index (χ4n) is 3.75. The summed E-state index contributed by atoms with van der Waals surface area (Å²) >= 11 is 0. The van der Waals surface area contributed by atoms with Crippen LogP contribution >= 0.6 is 0 Å². The summed E-state index contributed by atoms with van der Waals surface area (Å²) < 4.78 is 18.9. The number of hydrogen-bond acceptors (Lipinski definition) is 3. The van der Waals surface area contributed by atoms with Crippen LogP contribution in [0.15, 0.2) is 67.2 Å². The van der Waals surface area contributed by atoms with Crippen molar-refractivity contribution in [2.45, 2.75) is 33.4 Å². The maximum absolute atomic E-state index is 13.7. The summed E-state index contributed by atoms with van der Waals surface area (Å²) in [5, 5.41) is 18.2. The Balaban J connectivity index is 0.000000363. The normalized spacial score (nSPS) is 10.2. The van der Waals surface area contributed by atoms with Gasteiger partial charge < -0.3 is 15.3 Å². The van der Waals surface area contributed by atoms with Crippen LogP contribution in [0, 0.1) is 49.9 Å². The number of benzene rings is 3. The van der Waals surface area contributed by atoms with Gasteiger partial charge in [-0.05, 0) is 47.9 Å². The Bertz CT molecular complexity index is 1200. The van der Waals surface area contributed by atoms with E-state index in [1.54, 1.807) is 32.0 Å². The number of hydrogen-bond donors (Lipinski definition) is 1. The number of carbonyl (C=O) groups is 1. The summed E-state index contributed by atoms with van der Waals surface area (Å²) in [5.74, 6) is -1.03. The topological polar surface area (TPSA) is 72.1 Å². The van der Waals surface area contributed by atoms with E-state index in [9.17, 15) is 14.6 Å². The second-order valence-electron chi connectivity index (χ2n) is 8.46. The van der Waals surface area contributed by atoms with Crippen molar-refractivity contribution in [1.29, 1.82) is 0 Å². The first-order valence-corrected chi connectivity index (χ1v) is 11.6. The molecule has 0 atom stereocenters. The molecule has 3 rings (SSSR count). The largest absolute Gasteiger partial charge is 2.00 e. The summed E-state index contributed by atoms with van der Waals surface area (Å²) in [6, 6.07) is 18.5. The molecule has 0 aromatic heterocycles. The van der Waals surface area contributed by atoms with Gasteiger partial charge in [-0.25, -0.2) is 4.39 Å². The Hall–Kier alpha value is -2.56. The SMILES string of the molecule is C=[C-]c1ccc(-c2cccc(F)c2C)c(COC)c1.CCC(=[N-])c1ccc(CN(C)CC(=O)O)cc1.[U+2]. The monoisotopic (exact) mass is 726 g/mol. The molecule has 0 spiro atoms. The number of aliphatic carboxylic acids is 1. The van der Waals surface area contributed by atoms with Crippen LogP contribution in [0.4, 0.5) is 4.39 Å². The Morgan fingerprint density at radius 3 is 2.38 bits per heavy atom. The molecule has 0 aliphatic heterocycles. The molecule has 0 saturated carbocycles. The van der Waals surface area contributed by atoms with Gasteiger partial charge in [-0.2, -0.15) is 36.1 Å². The van der Waals surface area contributed by atoms with Crippen LogP contribution in [0.5, 0.6) is 0 Å². The number of nitrogens with zero attached hydrogens (tertiary/aromatic N) is 2. The van der Waals surface area contributed by atoms with E-state index < -0.39 is 5.97 Å². The van der Waals surface area contributed by atoms with Gasteiger partial charge in [-0.3, -0.25) is 9.69 Å². The van der Waals surface area contributed by atoms with Gasteiger partial charge >= 0.3 is 37.1 Å². The van der Waals surface area contributed by atoms with Crippen molar-refractivity contribution in [2.24, 2.45) is 0 Å². The first-order chi connectivity index (χ1) is 17.2. The van der Waals surface area contributed by atoms with E-state index >= 15 is 0 Å². The van der Waals surface area contributed by atoms with Crippen molar-refractivity contribution in [2.75, 3.05) is 20.7 Å². The van der Waals surface area contributed by atoms with Crippen LogP contribution in [0.25, 0.3) is 16.5 Å². The van der Waals surface area contributed by atoms with Gasteiger partial charge in [-0.1, -0.05) is 55.3 Å². The third-order valence-electron chi connectivity index (χ3n) is 5.65. The Labute approximate surface area is 243 Å². The molecule has 0 unspecified atom stereocenters. The van der Waals surface area contributed by atoms with E-state index in [2.05, 4.69) is 12.7 Å². The van der Waals surface area contributed by atoms with Gasteiger partial charge in [0.05, 0.1) is 13.2 Å². The minimum Gasteiger partial charge on any atom is -0.807 e. The minimum atomic E-state index is -0.832. The second kappa shape index (κ2) is 16.3. The summed E-state index contributed by atoms with van der Waals surface area (Å²) in [4.78, 5) is 12.2. The maximum Gasteiger partial charge on any atom is 2.00 e. The summed E-state index contributed by atoms with van der Waals surface area (Å²) in [7, 11) is 3.41. The van der Waals surface area contributed by atoms with E-state index in [-0.39, 0.29) is 43.5 Å². The zero-order valence-corrected chi connectivity index (χ0v) is 26.0. The molecule has 0 aliphatic carbocycles. The molecule has 0 aliphatic rings. The average molecular weight is 727 g/mol. The van der Waals surface area contributed by atoms with Gasteiger partial charge in [0.25, 0.3) is 0 Å². The van der Waals surface area contributed by atoms with Gasteiger partial charge in [0.1, 0.15) is 5.82 Å². The minimum absolute atomic E-state index is 0.